The number of aromatic nitrogens is 1. The summed E-state index contributed by atoms with van der Waals surface area (Å²) in [6, 6.07) is 3.32. The van der Waals surface area contributed by atoms with E-state index in [0.29, 0.717) is 18.7 Å². The first-order chi connectivity index (χ1) is 7.94. The van der Waals surface area contributed by atoms with Crippen molar-refractivity contribution in [3.8, 4) is 0 Å². The molecule has 0 aromatic carbocycles. The van der Waals surface area contributed by atoms with Crippen molar-refractivity contribution in [2.45, 2.75) is 19.4 Å². The fraction of sp³-hybridized carbons (Fsp3) is 0.500. The number of aliphatic hydroxyl groups is 1. The van der Waals surface area contributed by atoms with Gasteiger partial charge >= 0.3 is 0 Å². The molecular formula is C12H15ClN2O2. The van der Waals surface area contributed by atoms with Crippen molar-refractivity contribution in [2.24, 2.45) is 5.92 Å². The molecule has 92 valence electrons. The van der Waals surface area contributed by atoms with E-state index >= 15 is 0 Å². The number of rotatable bonds is 2. The van der Waals surface area contributed by atoms with Gasteiger partial charge in [0.15, 0.2) is 0 Å². The molecule has 0 aliphatic carbocycles. The van der Waals surface area contributed by atoms with E-state index in [1.165, 1.54) is 0 Å². The lowest BCUT2D eigenvalue weighted by Gasteiger charge is -2.49. The predicted octanol–water partition coefficient (Wildman–Crippen LogP) is 1.58. The van der Waals surface area contributed by atoms with Crippen LogP contribution in [0.4, 0.5) is 0 Å². The molecule has 0 atom stereocenters. The van der Waals surface area contributed by atoms with Gasteiger partial charge in [0.25, 0.3) is 5.91 Å². The Morgan fingerprint density at radius 2 is 2.24 bits per heavy atom. The third kappa shape index (κ3) is 2.15. The molecule has 0 spiro atoms. The van der Waals surface area contributed by atoms with Crippen molar-refractivity contribution in [2.75, 3.05) is 13.1 Å². The van der Waals surface area contributed by atoms with E-state index < -0.39 is 5.60 Å². The number of β-amino-alcohol motifs (C(OH)–C–C–N with tert-alkyl or cyclic N) is 1. The van der Waals surface area contributed by atoms with Crippen molar-refractivity contribution < 1.29 is 9.90 Å². The molecule has 4 nitrogen and oxygen atoms in total. The third-order valence-electron chi connectivity index (χ3n) is 3.28. The van der Waals surface area contributed by atoms with Gasteiger partial charge in [-0.1, -0.05) is 25.4 Å². The summed E-state index contributed by atoms with van der Waals surface area (Å²) in [6.45, 7) is 4.60. The summed E-state index contributed by atoms with van der Waals surface area (Å²) in [6.07, 6.45) is 1.54. The van der Waals surface area contributed by atoms with Crippen molar-refractivity contribution in [3.05, 3.63) is 29.0 Å². The largest absolute Gasteiger partial charge is 0.386 e. The molecule has 1 aromatic rings. The van der Waals surface area contributed by atoms with Crippen molar-refractivity contribution in [1.29, 1.82) is 0 Å². The molecular weight excluding hydrogens is 240 g/mol. The summed E-state index contributed by atoms with van der Waals surface area (Å²) >= 11 is 5.86. The molecule has 1 aromatic heterocycles. The van der Waals surface area contributed by atoms with Crippen LogP contribution >= 0.6 is 11.6 Å². The first-order valence-electron chi connectivity index (χ1n) is 5.56. The minimum atomic E-state index is -0.760. The Kier molecular flexibility index (Phi) is 3.10. The number of hydrogen-bond donors (Lipinski definition) is 1. The molecule has 0 unspecified atom stereocenters. The fourth-order valence-electron chi connectivity index (χ4n) is 1.84. The Labute approximate surface area is 105 Å². The number of likely N-dealkylation sites (tertiary alicyclic amines) is 1. The third-order valence-corrected chi connectivity index (χ3v) is 3.58. The molecule has 1 N–H and O–H groups in total. The van der Waals surface area contributed by atoms with Gasteiger partial charge in [-0.05, 0) is 18.1 Å². The van der Waals surface area contributed by atoms with E-state index in [9.17, 15) is 9.90 Å². The summed E-state index contributed by atoms with van der Waals surface area (Å²) in [5.41, 5.74) is -0.371. The minimum absolute atomic E-state index is 0.135. The predicted molar refractivity (Wildman–Crippen MR) is 64.9 cm³/mol. The number of pyridine rings is 1. The molecule has 0 radical (unpaired) electrons. The Balaban J connectivity index is 2.08. The fourth-order valence-corrected chi connectivity index (χ4v) is 2.04. The van der Waals surface area contributed by atoms with Gasteiger partial charge in [-0.25, -0.2) is 4.98 Å². The first kappa shape index (κ1) is 12.3. The number of halogens is 1. The second kappa shape index (κ2) is 4.27. The van der Waals surface area contributed by atoms with E-state index in [4.69, 9.17) is 11.6 Å². The van der Waals surface area contributed by atoms with E-state index in [2.05, 4.69) is 4.98 Å². The zero-order valence-corrected chi connectivity index (χ0v) is 10.6. The second-order valence-corrected chi connectivity index (χ2v) is 5.12. The molecule has 2 rings (SSSR count). The quantitative estimate of drug-likeness (QED) is 0.816. The maximum atomic E-state index is 12.0. The maximum Gasteiger partial charge on any atom is 0.257 e. The maximum absolute atomic E-state index is 12.0. The highest BCUT2D eigenvalue weighted by Crippen LogP contribution is 2.30. The summed E-state index contributed by atoms with van der Waals surface area (Å²) in [5, 5.41) is 10.3. The van der Waals surface area contributed by atoms with Crippen LogP contribution < -0.4 is 0 Å². The van der Waals surface area contributed by atoms with Crippen molar-refractivity contribution in [3.63, 3.8) is 0 Å². The smallest absolute Gasteiger partial charge is 0.257 e. The van der Waals surface area contributed by atoms with Gasteiger partial charge in [0.05, 0.1) is 18.7 Å². The highest BCUT2D eigenvalue weighted by molar-refractivity contribution is 6.32. The SMILES string of the molecule is CC(C)C1(O)CN(C(=O)c2cccnc2Cl)C1. The van der Waals surface area contributed by atoms with Gasteiger partial charge in [0.2, 0.25) is 0 Å². The number of carbonyl (C=O) groups excluding carboxylic acids is 1. The van der Waals surface area contributed by atoms with E-state index in [1.54, 1.807) is 23.2 Å². The Morgan fingerprint density at radius 1 is 1.59 bits per heavy atom. The van der Waals surface area contributed by atoms with Gasteiger partial charge < -0.3 is 10.0 Å². The monoisotopic (exact) mass is 254 g/mol. The lowest BCUT2D eigenvalue weighted by Crippen LogP contribution is -2.66. The van der Waals surface area contributed by atoms with E-state index in [1.807, 2.05) is 13.8 Å². The second-order valence-electron chi connectivity index (χ2n) is 4.76. The standard InChI is InChI=1S/C12H15ClN2O2/c1-8(2)12(17)6-15(7-12)11(16)9-4-3-5-14-10(9)13/h3-5,8,17H,6-7H2,1-2H3. The molecule has 1 aliphatic rings. The van der Waals surface area contributed by atoms with Crippen LogP contribution in [0.1, 0.15) is 24.2 Å². The number of hydrogen-bond acceptors (Lipinski definition) is 3. The van der Waals surface area contributed by atoms with Crippen LogP contribution in [0.2, 0.25) is 5.15 Å². The molecule has 17 heavy (non-hydrogen) atoms. The van der Waals surface area contributed by atoms with Crippen molar-refractivity contribution >= 4 is 17.5 Å². The van der Waals surface area contributed by atoms with Gasteiger partial charge in [0, 0.05) is 6.20 Å². The van der Waals surface area contributed by atoms with Gasteiger partial charge in [-0.15, -0.1) is 0 Å². The van der Waals surface area contributed by atoms with Crippen LogP contribution in [0.25, 0.3) is 0 Å². The Morgan fingerprint density at radius 3 is 2.76 bits per heavy atom. The number of nitrogens with zero attached hydrogens (tertiary/aromatic N) is 2. The molecule has 5 heteroatoms. The van der Waals surface area contributed by atoms with Crippen LogP contribution in [0, 0.1) is 5.92 Å². The lowest BCUT2D eigenvalue weighted by atomic mass is 9.83. The minimum Gasteiger partial charge on any atom is -0.386 e. The highest BCUT2D eigenvalue weighted by Gasteiger charge is 2.46. The molecule has 2 heterocycles. The highest BCUT2D eigenvalue weighted by atomic mass is 35.5. The molecule has 0 saturated carbocycles. The molecule has 1 saturated heterocycles. The first-order valence-corrected chi connectivity index (χ1v) is 5.94. The number of amides is 1. The Hall–Kier alpha value is -1.13. The van der Waals surface area contributed by atoms with Gasteiger partial charge in [0.1, 0.15) is 10.8 Å². The van der Waals surface area contributed by atoms with Gasteiger partial charge in [-0.2, -0.15) is 0 Å². The van der Waals surface area contributed by atoms with Gasteiger partial charge in [-0.3, -0.25) is 4.79 Å². The normalized spacial score (nSPS) is 18.1. The molecule has 1 aliphatic heterocycles. The molecule has 1 amide bonds. The van der Waals surface area contributed by atoms with Crippen molar-refractivity contribution in [1.82, 2.24) is 9.88 Å². The van der Waals surface area contributed by atoms with Crippen LogP contribution in [-0.2, 0) is 0 Å². The summed E-state index contributed by atoms with van der Waals surface area (Å²) in [5.74, 6) is -0.0376. The van der Waals surface area contributed by atoms with Crippen LogP contribution in [0.5, 0.6) is 0 Å². The summed E-state index contributed by atoms with van der Waals surface area (Å²) in [4.78, 5) is 17.5. The number of carbonyl (C=O) groups is 1. The van der Waals surface area contributed by atoms with Crippen LogP contribution in [-0.4, -0.2) is 39.6 Å². The zero-order chi connectivity index (χ0) is 12.6. The zero-order valence-electron chi connectivity index (χ0n) is 9.85. The van der Waals surface area contributed by atoms with E-state index in [0.717, 1.165) is 0 Å². The molecule has 0 bridgehead atoms. The molecule has 1 fully saturated rings. The average Bonchev–Trinajstić information content (AvgIpc) is 2.24. The van der Waals surface area contributed by atoms with Crippen LogP contribution in [0.15, 0.2) is 18.3 Å². The topological polar surface area (TPSA) is 53.4 Å². The Bertz CT molecular complexity index is 442. The summed E-state index contributed by atoms with van der Waals surface area (Å²) < 4.78 is 0. The van der Waals surface area contributed by atoms with E-state index in [-0.39, 0.29) is 17.0 Å². The average molecular weight is 255 g/mol. The van der Waals surface area contributed by atoms with Crippen LogP contribution in [0.3, 0.4) is 0 Å². The lowest BCUT2D eigenvalue weighted by molar-refractivity contribution is -0.110. The summed E-state index contributed by atoms with van der Waals surface area (Å²) in [7, 11) is 0.